The summed E-state index contributed by atoms with van der Waals surface area (Å²) in [6.07, 6.45) is 5.30. The second kappa shape index (κ2) is 14.5. The average molecular weight is 606 g/mol. The Morgan fingerprint density at radius 3 is 2.51 bits per heavy atom. The number of halogens is 2. The number of pyridine rings is 2. The molecule has 0 saturated carbocycles. The molecular formula is C27H30Cl2N6O2S2. The van der Waals surface area contributed by atoms with Gasteiger partial charge in [0.2, 0.25) is 11.0 Å². The van der Waals surface area contributed by atoms with E-state index < -0.39 is 0 Å². The standard InChI is InChI=1S/C27H28N6O2S2.2ClH/c1-18(2)26(34)33-14-11-19(12-15-33)24-30-27(37-32-24)31-25-22(35-20-8-4-3-5-9-20)16-21(17-29-25)36-23-10-6-7-13-28-23;;/h3-10,13,16-19H,11-12,14-15H2,1-2H3,(H,29,30,31,32);2*1H. The second-order valence-electron chi connectivity index (χ2n) is 9.04. The fraction of sp³-hybridized carbons (Fsp3) is 0.296. The van der Waals surface area contributed by atoms with Crippen molar-refractivity contribution in [3.63, 3.8) is 0 Å². The molecule has 0 bridgehead atoms. The van der Waals surface area contributed by atoms with Crippen molar-refractivity contribution < 1.29 is 9.53 Å². The van der Waals surface area contributed by atoms with E-state index in [2.05, 4.69) is 19.7 Å². The zero-order chi connectivity index (χ0) is 25.6. The molecule has 0 radical (unpaired) electrons. The number of anilines is 2. The fourth-order valence-corrected chi connectivity index (χ4v) is 5.49. The van der Waals surface area contributed by atoms with Crippen molar-refractivity contribution >= 4 is 65.0 Å². The summed E-state index contributed by atoms with van der Waals surface area (Å²) in [5.41, 5.74) is 0. The summed E-state index contributed by atoms with van der Waals surface area (Å²) >= 11 is 2.83. The zero-order valence-corrected chi connectivity index (χ0v) is 24.8. The topological polar surface area (TPSA) is 93.1 Å². The number of likely N-dealkylation sites (tertiary alicyclic amines) is 1. The largest absolute Gasteiger partial charge is 0.453 e. The first kappa shape index (κ1) is 30.6. The Balaban J connectivity index is 0.00000210. The minimum atomic E-state index is 0. The number of piperidine rings is 1. The van der Waals surface area contributed by atoms with Gasteiger partial charge >= 0.3 is 0 Å². The van der Waals surface area contributed by atoms with Crippen molar-refractivity contribution in [1.82, 2.24) is 24.2 Å². The van der Waals surface area contributed by atoms with E-state index in [1.165, 1.54) is 23.3 Å². The van der Waals surface area contributed by atoms with Gasteiger partial charge in [-0.2, -0.15) is 4.37 Å². The number of rotatable bonds is 8. The lowest BCUT2D eigenvalue weighted by molar-refractivity contribution is -0.135. The van der Waals surface area contributed by atoms with Gasteiger partial charge < -0.3 is 15.0 Å². The zero-order valence-electron chi connectivity index (χ0n) is 21.5. The number of nitrogens with zero attached hydrogens (tertiary/aromatic N) is 5. The van der Waals surface area contributed by atoms with Crippen LogP contribution in [0.3, 0.4) is 0 Å². The van der Waals surface area contributed by atoms with E-state index in [1.54, 1.807) is 12.4 Å². The highest BCUT2D eigenvalue weighted by molar-refractivity contribution is 7.99. The van der Waals surface area contributed by atoms with Crippen LogP contribution >= 0.6 is 48.1 Å². The van der Waals surface area contributed by atoms with Crippen molar-refractivity contribution in [3.8, 4) is 11.5 Å². The van der Waals surface area contributed by atoms with Crippen molar-refractivity contribution in [2.24, 2.45) is 5.92 Å². The lowest BCUT2D eigenvalue weighted by atomic mass is 9.95. The molecule has 4 heterocycles. The summed E-state index contributed by atoms with van der Waals surface area (Å²) in [5.74, 6) is 3.17. The van der Waals surface area contributed by atoms with Crippen LogP contribution in [0.4, 0.5) is 10.9 Å². The van der Waals surface area contributed by atoms with E-state index in [4.69, 9.17) is 9.72 Å². The molecule has 0 spiro atoms. The second-order valence-corrected chi connectivity index (χ2v) is 10.9. The molecule has 0 atom stereocenters. The van der Waals surface area contributed by atoms with Gasteiger partial charge in [-0.3, -0.25) is 4.79 Å². The predicted octanol–water partition coefficient (Wildman–Crippen LogP) is 7.22. The number of hydrogen-bond donors (Lipinski definition) is 1. The van der Waals surface area contributed by atoms with Crippen LogP contribution in [-0.4, -0.2) is 43.2 Å². The minimum absolute atomic E-state index is 0. The molecule has 1 amide bonds. The van der Waals surface area contributed by atoms with Crippen molar-refractivity contribution in [1.29, 1.82) is 0 Å². The van der Waals surface area contributed by atoms with E-state index in [0.717, 1.165) is 41.7 Å². The van der Waals surface area contributed by atoms with Crippen LogP contribution in [0.1, 0.15) is 38.4 Å². The van der Waals surface area contributed by atoms with Gasteiger partial charge in [0.25, 0.3) is 0 Å². The molecule has 5 rings (SSSR count). The van der Waals surface area contributed by atoms with E-state index >= 15 is 0 Å². The Kier molecular flexibility index (Phi) is 11.4. The predicted molar refractivity (Wildman–Crippen MR) is 160 cm³/mol. The number of hydrogen-bond acceptors (Lipinski definition) is 9. The molecule has 1 aliphatic heterocycles. The average Bonchev–Trinajstić information content (AvgIpc) is 3.39. The van der Waals surface area contributed by atoms with Crippen LogP contribution in [-0.2, 0) is 4.79 Å². The first-order chi connectivity index (χ1) is 18.0. The molecule has 1 fully saturated rings. The van der Waals surface area contributed by atoms with Gasteiger partial charge in [-0.25, -0.2) is 15.0 Å². The molecule has 3 aromatic heterocycles. The molecule has 0 aliphatic carbocycles. The normalized spacial score (nSPS) is 13.4. The molecule has 1 N–H and O–H groups in total. The lowest BCUT2D eigenvalue weighted by Crippen LogP contribution is -2.40. The van der Waals surface area contributed by atoms with Crippen LogP contribution in [0.15, 0.2) is 76.9 Å². The van der Waals surface area contributed by atoms with Crippen LogP contribution in [0, 0.1) is 5.92 Å². The number of aromatic nitrogens is 4. The SMILES string of the molecule is CC(C)C(=O)N1CCC(c2nsc(Nc3ncc(Sc4ccccn4)cc3Oc3ccccc3)n2)CC1.Cl.Cl. The maximum atomic E-state index is 12.3. The van der Waals surface area contributed by atoms with Gasteiger partial charge in [-0.15, -0.1) is 24.8 Å². The molecule has 39 heavy (non-hydrogen) atoms. The summed E-state index contributed by atoms with van der Waals surface area (Å²) in [4.78, 5) is 29.0. The van der Waals surface area contributed by atoms with Gasteiger partial charge in [0.05, 0.1) is 0 Å². The number of para-hydroxylation sites is 1. The van der Waals surface area contributed by atoms with Crippen molar-refractivity contribution in [3.05, 3.63) is 72.8 Å². The quantitative estimate of drug-likeness (QED) is 0.225. The number of ether oxygens (including phenoxy) is 1. The van der Waals surface area contributed by atoms with Gasteiger partial charge in [-0.1, -0.05) is 49.9 Å². The highest BCUT2D eigenvalue weighted by Gasteiger charge is 2.27. The summed E-state index contributed by atoms with van der Waals surface area (Å²) in [6.45, 7) is 5.38. The third-order valence-electron chi connectivity index (χ3n) is 5.99. The first-order valence-electron chi connectivity index (χ1n) is 12.3. The van der Waals surface area contributed by atoms with E-state index in [1.807, 2.05) is 73.3 Å². The monoisotopic (exact) mass is 604 g/mol. The molecule has 1 aromatic carbocycles. The number of carbonyl (C=O) groups is 1. The highest BCUT2D eigenvalue weighted by atomic mass is 35.5. The summed E-state index contributed by atoms with van der Waals surface area (Å²) in [5, 5.41) is 4.84. The molecule has 206 valence electrons. The molecule has 4 aromatic rings. The van der Waals surface area contributed by atoms with Gasteiger partial charge in [0, 0.05) is 59.8 Å². The van der Waals surface area contributed by atoms with Crippen molar-refractivity contribution in [2.45, 2.75) is 42.5 Å². The summed E-state index contributed by atoms with van der Waals surface area (Å²) in [6, 6.07) is 17.4. The van der Waals surface area contributed by atoms with Crippen LogP contribution in [0.5, 0.6) is 11.5 Å². The highest BCUT2D eigenvalue weighted by Crippen LogP contribution is 2.36. The Morgan fingerprint density at radius 1 is 1.08 bits per heavy atom. The Hall–Kier alpha value is -2.92. The fourth-order valence-electron chi connectivity index (χ4n) is 4.07. The Labute approximate surface area is 249 Å². The maximum Gasteiger partial charge on any atom is 0.225 e. The van der Waals surface area contributed by atoms with Crippen molar-refractivity contribution in [2.75, 3.05) is 18.4 Å². The number of amides is 1. The molecule has 1 saturated heterocycles. The smallest absolute Gasteiger partial charge is 0.225 e. The Bertz CT molecular complexity index is 1340. The maximum absolute atomic E-state index is 12.3. The molecular weight excluding hydrogens is 575 g/mol. The van der Waals surface area contributed by atoms with Gasteiger partial charge in [0.15, 0.2) is 11.6 Å². The Morgan fingerprint density at radius 2 is 1.82 bits per heavy atom. The third kappa shape index (κ3) is 8.04. The van der Waals surface area contributed by atoms with Gasteiger partial charge in [0.1, 0.15) is 16.6 Å². The van der Waals surface area contributed by atoms with E-state index in [-0.39, 0.29) is 42.6 Å². The third-order valence-corrected chi connectivity index (χ3v) is 7.55. The summed E-state index contributed by atoms with van der Waals surface area (Å²) in [7, 11) is 0. The van der Waals surface area contributed by atoms with E-state index in [0.29, 0.717) is 22.4 Å². The number of carbonyl (C=O) groups excluding carboxylic acids is 1. The minimum Gasteiger partial charge on any atom is -0.453 e. The molecule has 8 nitrogen and oxygen atoms in total. The first-order valence-corrected chi connectivity index (χ1v) is 13.9. The summed E-state index contributed by atoms with van der Waals surface area (Å²) < 4.78 is 10.8. The lowest BCUT2D eigenvalue weighted by Gasteiger charge is -2.32. The van der Waals surface area contributed by atoms with Gasteiger partial charge in [-0.05, 0) is 37.1 Å². The van der Waals surface area contributed by atoms with Crippen LogP contribution in [0.25, 0.3) is 0 Å². The molecule has 1 aliphatic rings. The van der Waals surface area contributed by atoms with E-state index in [9.17, 15) is 4.79 Å². The molecule has 12 heteroatoms. The van der Waals surface area contributed by atoms with Crippen LogP contribution in [0.2, 0.25) is 0 Å². The number of benzene rings is 1. The molecule has 0 unspecified atom stereocenters. The number of nitrogens with one attached hydrogen (secondary N) is 1. The van der Waals surface area contributed by atoms with Crippen LogP contribution < -0.4 is 10.1 Å².